The SMILES string of the molecule is CCCNC(=O)C(CC)N(CCc1ccccc1)C(=O)COc1cc(C)cc(C)c1. The second kappa shape index (κ2) is 12.0. The third-order valence-electron chi connectivity index (χ3n) is 4.98. The molecule has 2 aromatic carbocycles. The Morgan fingerprint density at radius 3 is 2.30 bits per heavy atom. The van der Waals surface area contributed by atoms with Crippen molar-refractivity contribution >= 4 is 11.8 Å². The van der Waals surface area contributed by atoms with Crippen LogP contribution in [0.4, 0.5) is 0 Å². The number of nitrogens with zero attached hydrogens (tertiary/aromatic N) is 1. The van der Waals surface area contributed by atoms with Crippen molar-refractivity contribution in [3.05, 3.63) is 65.2 Å². The zero-order valence-electron chi connectivity index (χ0n) is 18.6. The van der Waals surface area contributed by atoms with Crippen LogP contribution in [0.25, 0.3) is 0 Å². The summed E-state index contributed by atoms with van der Waals surface area (Å²) in [6.45, 7) is 8.93. The van der Waals surface area contributed by atoms with Gasteiger partial charge >= 0.3 is 0 Å². The first-order chi connectivity index (χ1) is 14.4. The van der Waals surface area contributed by atoms with E-state index in [0.717, 1.165) is 23.1 Å². The first-order valence-electron chi connectivity index (χ1n) is 10.8. The summed E-state index contributed by atoms with van der Waals surface area (Å²) in [5.74, 6) is 0.392. The summed E-state index contributed by atoms with van der Waals surface area (Å²) < 4.78 is 5.80. The highest BCUT2D eigenvalue weighted by Crippen LogP contribution is 2.17. The molecule has 0 aromatic heterocycles. The molecule has 2 rings (SSSR count). The van der Waals surface area contributed by atoms with E-state index in [4.69, 9.17) is 4.74 Å². The molecule has 2 aromatic rings. The van der Waals surface area contributed by atoms with Gasteiger partial charge in [-0.05, 0) is 61.9 Å². The lowest BCUT2D eigenvalue weighted by Gasteiger charge is -2.30. The molecule has 0 bridgehead atoms. The highest BCUT2D eigenvalue weighted by atomic mass is 16.5. The van der Waals surface area contributed by atoms with Crippen LogP contribution in [0.3, 0.4) is 0 Å². The Labute approximate surface area is 180 Å². The maximum absolute atomic E-state index is 13.1. The van der Waals surface area contributed by atoms with Crippen molar-refractivity contribution in [2.75, 3.05) is 19.7 Å². The lowest BCUT2D eigenvalue weighted by atomic mass is 10.1. The summed E-state index contributed by atoms with van der Waals surface area (Å²) in [5, 5.41) is 2.93. The van der Waals surface area contributed by atoms with Gasteiger partial charge in [-0.1, -0.05) is 50.2 Å². The highest BCUT2D eigenvalue weighted by molar-refractivity contribution is 5.88. The zero-order valence-corrected chi connectivity index (χ0v) is 18.6. The largest absolute Gasteiger partial charge is 0.484 e. The van der Waals surface area contributed by atoms with Gasteiger partial charge in [0, 0.05) is 13.1 Å². The van der Waals surface area contributed by atoms with Crippen LogP contribution in [0.15, 0.2) is 48.5 Å². The Morgan fingerprint density at radius 1 is 1.03 bits per heavy atom. The summed E-state index contributed by atoms with van der Waals surface area (Å²) in [4.78, 5) is 27.5. The second-order valence-electron chi connectivity index (χ2n) is 7.65. The molecule has 2 amide bonds. The number of ether oxygens (including phenoxy) is 1. The number of amides is 2. The normalized spacial score (nSPS) is 11.6. The van der Waals surface area contributed by atoms with Crippen molar-refractivity contribution in [3.8, 4) is 5.75 Å². The van der Waals surface area contributed by atoms with E-state index in [9.17, 15) is 9.59 Å². The first-order valence-corrected chi connectivity index (χ1v) is 10.8. The van der Waals surface area contributed by atoms with E-state index in [1.54, 1.807) is 4.90 Å². The number of carbonyl (C=O) groups is 2. The zero-order chi connectivity index (χ0) is 21.9. The molecular weight excluding hydrogens is 376 g/mol. The van der Waals surface area contributed by atoms with Crippen molar-refractivity contribution < 1.29 is 14.3 Å². The predicted octanol–water partition coefficient (Wildman–Crippen LogP) is 4.06. The Morgan fingerprint density at radius 2 is 1.70 bits per heavy atom. The molecular formula is C25H34N2O3. The molecule has 5 nitrogen and oxygen atoms in total. The van der Waals surface area contributed by atoms with Crippen molar-refractivity contribution in [1.82, 2.24) is 10.2 Å². The molecule has 0 aliphatic rings. The van der Waals surface area contributed by atoms with Crippen molar-refractivity contribution in [2.45, 2.75) is 53.0 Å². The molecule has 0 saturated carbocycles. The third-order valence-corrected chi connectivity index (χ3v) is 4.98. The highest BCUT2D eigenvalue weighted by Gasteiger charge is 2.28. The average molecular weight is 411 g/mol. The van der Waals surface area contributed by atoms with Crippen LogP contribution in [-0.4, -0.2) is 42.5 Å². The molecule has 0 saturated heterocycles. The van der Waals surface area contributed by atoms with Crippen LogP contribution < -0.4 is 10.1 Å². The van der Waals surface area contributed by atoms with E-state index >= 15 is 0 Å². The van der Waals surface area contributed by atoms with Crippen LogP contribution in [0.1, 0.15) is 43.4 Å². The van der Waals surface area contributed by atoms with Gasteiger partial charge in [0.05, 0.1) is 0 Å². The molecule has 0 spiro atoms. The Kier molecular flexibility index (Phi) is 9.39. The summed E-state index contributed by atoms with van der Waals surface area (Å²) in [7, 11) is 0. The van der Waals surface area contributed by atoms with Gasteiger partial charge in [0.15, 0.2) is 6.61 Å². The minimum Gasteiger partial charge on any atom is -0.484 e. The van der Waals surface area contributed by atoms with Gasteiger partial charge in [-0.15, -0.1) is 0 Å². The van der Waals surface area contributed by atoms with Gasteiger partial charge in [0.1, 0.15) is 11.8 Å². The minimum absolute atomic E-state index is 0.0881. The van der Waals surface area contributed by atoms with Crippen LogP contribution in [0.5, 0.6) is 5.75 Å². The fraction of sp³-hybridized carbons (Fsp3) is 0.440. The van der Waals surface area contributed by atoms with E-state index in [1.807, 2.05) is 70.2 Å². The lowest BCUT2D eigenvalue weighted by molar-refractivity contribution is -0.142. The first kappa shape index (κ1) is 23.5. The number of nitrogens with one attached hydrogen (secondary N) is 1. The minimum atomic E-state index is -0.504. The van der Waals surface area contributed by atoms with Gasteiger partial charge < -0.3 is 15.0 Å². The van der Waals surface area contributed by atoms with Gasteiger partial charge in [-0.3, -0.25) is 9.59 Å². The van der Waals surface area contributed by atoms with Gasteiger partial charge in [-0.25, -0.2) is 0 Å². The van der Waals surface area contributed by atoms with Crippen LogP contribution in [0, 0.1) is 13.8 Å². The van der Waals surface area contributed by atoms with E-state index in [2.05, 4.69) is 11.4 Å². The third kappa shape index (κ3) is 7.21. The van der Waals surface area contributed by atoms with E-state index in [1.165, 1.54) is 0 Å². The second-order valence-corrected chi connectivity index (χ2v) is 7.65. The summed E-state index contributed by atoms with van der Waals surface area (Å²) in [5.41, 5.74) is 3.31. The molecule has 162 valence electrons. The van der Waals surface area contributed by atoms with Crippen molar-refractivity contribution in [2.24, 2.45) is 0 Å². The van der Waals surface area contributed by atoms with Gasteiger partial charge in [0.2, 0.25) is 5.91 Å². The molecule has 5 heteroatoms. The van der Waals surface area contributed by atoms with Crippen LogP contribution in [-0.2, 0) is 16.0 Å². The van der Waals surface area contributed by atoms with E-state index in [-0.39, 0.29) is 18.4 Å². The van der Waals surface area contributed by atoms with E-state index < -0.39 is 6.04 Å². The summed E-state index contributed by atoms with van der Waals surface area (Å²) in [6, 6.07) is 15.4. The maximum Gasteiger partial charge on any atom is 0.261 e. The number of carbonyl (C=O) groups excluding carboxylic acids is 2. The van der Waals surface area contributed by atoms with Crippen molar-refractivity contribution in [3.63, 3.8) is 0 Å². The molecule has 0 aliphatic heterocycles. The molecule has 0 fully saturated rings. The Hall–Kier alpha value is -2.82. The van der Waals surface area contributed by atoms with Crippen LogP contribution >= 0.6 is 0 Å². The fourth-order valence-corrected chi connectivity index (χ4v) is 3.51. The Balaban J connectivity index is 2.12. The summed E-state index contributed by atoms with van der Waals surface area (Å²) in [6.07, 6.45) is 2.10. The lowest BCUT2D eigenvalue weighted by Crippen LogP contribution is -2.51. The van der Waals surface area contributed by atoms with Crippen molar-refractivity contribution in [1.29, 1.82) is 0 Å². The number of aryl methyl sites for hydroxylation is 2. The quantitative estimate of drug-likeness (QED) is 0.608. The fourth-order valence-electron chi connectivity index (χ4n) is 3.51. The topological polar surface area (TPSA) is 58.6 Å². The van der Waals surface area contributed by atoms with Crippen LogP contribution in [0.2, 0.25) is 0 Å². The number of rotatable bonds is 11. The average Bonchev–Trinajstić information content (AvgIpc) is 2.73. The maximum atomic E-state index is 13.1. The molecule has 0 radical (unpaired) electrons. The molecule has 30 heavy (non-hydrogen) atoms. The molecule has 1 unspecified atom stereocenters. The van der Waals surface area contributed by atoms with Gasteiger partial charge in [0.25, 0.3) is 5.91 Å². The Bertz CT molecular complexity index is 800. The molecule has 0 aliphatic carbocycles. The smallest absolute Gasteiger partial charge is 0.261 e. The predicted molar refractivity (Wildman–Crippen MR) is 121 cm³/mol. The van der Waals surface area contributed by atoms with Gasteiger partial charge in [-0.2, -0.15) is 0 Å². The molecule has 1 N–H and O–H groups in total. The molecule has 0 heterocycles. The number of hydrogen-bond acceptors (Lipinski definition) is 3. The molecule has 1 atom stereocenters. The summed E-state index contributed by atoms with van der Waals surface area (Å²) >= 11 is 0. The standard InChI is InChI=1S/C25H34N2O3/c1-5-13-26-25(29)23(6-2)27(14-12-21-10-8-7-9-11-21)24(28)18-30-22-16-19(3)15-20(4)17-22/h7-11,15-17,23H,5-6,12-14,18H2,1-4H3,(H,26,29). The number of benzene rings is 2. The number of hydrogen-bond donors (Lipinski definition) is 1. The van der Waals surface area contributed by atoms with E-state index in [0.29, 0.717) is 31.7 Å². The monoisotopic (exact) mass is 410 g/mol.